The molecule has 2 N–H and O–H groups in total. The highest BCUT2D eigenvalue weighted by molar-refractivity contribution is 5.94. The fourth-order valence-corrected chi connectivity index (χ4v) is 2.88. The minimum atomic E-state index is -4.62. The second-order valence-electron chi connectivity index (χ2n) is 6.27. The van der Waals surface area contributed by atoms with Crippen molar-refractivity contribution < 1.29 is 22.8 Å². The molecule has 1 aromatic rings. The number of pyridine rings is 1. The van der Waals surface area contributed by atoms with Crippen LogP contribution in [0.25, 0.3) is 0 Å². The zero-order valence-corrected chi connectivity index (χ0v) is 13.7. The third-order valence-electron chi connectivity index (χ3n) is 4.31. The highest BCUT2D eigenvalue weighted by Crippen LogP contribution is 2.28. The molecule has 2 atom stereocenters. The lowest BCUT2D eigenvalue weighted by Gasteiger charge is -2.29. The predicted molar refractivity (Wildman–Crippen MR) is 83.8 cm³/mol. The van der Waals surface area contributed by atoms with Gasteiger partial charge in [0.2, 0.25) is 5.91 Å². The van der Waals surface area contributed by atoms with Gasteiger partial charge in [0.25, 0.3) is 5.56 Å². The van der Waals surface area contributed by atoms with Crippen molar-refractivity contribution in [2.75, 3.05) is 0 Å². The average Bonchev–Trinajstić information content (AvgIpc) is 2.50. The summed E-state index contributed by atoms with van der Waals surface area (Å²) in [4.78, 5) is 35.3. The maximum absolute atomic E-state index is 12.7. The minimum absolute atomic E-state index is 0.0437. The van der Waals surface area contributed by atoms with Crippen LogP contribution in [-0.4, -0.2) is 22.5 Å². The van der Waals surface area contributed by atoms with Crippen LogP contribution in [0.4, 0.5) is 18.0 Å². The number of amides is 3. The van der Waals surface area contributed by atoms with Crippen LogP contribution in [0.1, 0.15) is 38.2 Å². The number of urea groups is 1. The highest BCUT2D eigenvalue weighted by Gasteiger charge is 2.31. The molecular formula is C16H20F3N3O3. The van der Waals surface area contributed by atoms with Gasteiger partial charge in [-0.15, -0.1) is 0 Å². The molecule has 0 spiro atoms. The van der Waals surface area contributed by atoms with Crippen molar-refractivity contribution in [1.82, 2.24) is 15.2 Å². The van der Waals surface area contributed by atoms with Crippen LogP contribution in [0.3, 0.4) is 0 Å². The molecule has 25 heavy (non-hydrogen) atoms. The first-order chi connectivity index (χ1) is 11.7. The number of nitrogens with zero attached hydrogens (tertiary/aromatic N) is 1. The Morgan fingerprint density at radius 2 is 1.92 bits per heavy atom. The average molecular weight is 359 g/mol. The number of aromatic nitrogens is 1. The van der Waals surface area contributed by atoms with Gasteiger partial charge in [-0.25, -0.2) is 4.79 Å². The second-order valence-corrected chi connectivity index (χ2v) is 6.27. The Morgan fingerprint density at radius 3 is 2.56 bits per heavy atom. The first-order valence-electron chi connectivity index (χ1n) is 8.05. The fourth-order valence-electron chi connectivity index (χ4n) is 2.88. The van der Waals surface area contributed by atoms with Gasteiger partial charge in [-0.05, 0) is 24.8 Å². The Labute approximate surface area is 142 Å². The van der Waals surface area contributed by atoms with Gasteiger partial charge in [0.1, 0.15) is 6.54 Å². The molecule has 138 valence electrons. The van der Waals surface area contributed by atoms with E-state index in [1.54, 1.807) is 0 Å². The van der Waals surface area contributed by atoms with Crippen LogP contribution in [0.2, 0.25) is 0 Å². The summed E-state index contributed by atoms with van der Waals surface area (Å²) < 4.78 is 38.6. The number of alkyl halides is 3. The van der Waals surface area contributed by atoms with Gasteiger partial charge in [-0.2, -0.15) is 13.2 Å². The Hall–Kier alpha value is -2.32. The Balaban J connectivity index is 1.95. The lowest BCUT2D eigenvalue weighted by atomic mass is 9.86. The Morgan fingerprint density at radius 1 is 1.24 bits per heavy atom. The van der Waals surface area contributed by atoms with Gasteiger partial charge < -0.3 is 9.88 Å². The molecule has 0 radical (unpaired) electrons. The van der Waals surface area contributed by atoms with Crippen LogP contribution in [0.15, 0.2) is 23.1 Å². The maximum atomic E-state index is 12.7. The van der Waals surface area contributed by atoms with E-state index in [1.807, 2.05) is 6.92 Å². The molecule has 9 heteroatoms. The summed E-state index contributed by atoms with van der Waals surface area (Å²) in [6, 6.07) is 0.634. The molecular weight excluding hydrogens is 339 g/mol. The topological polar surface area (TPSA) is 80.2 Å². The molecule has 1 saturated carbocycles. The molecule has 1 aromatic heterocycles. The number of nitrogens with one attached hydrogen (secondary N) is 2. The van der Waals surface area contributed by atoms with E-state index in [2.05, 4.69) is 10.6 Å². The largest absolute Gasteiger partial charge is 0.417 e. The summed E-state index contributed by atoms with van der Waals surface area (Å²) in [6.07, 6.45) is -0.181. The van der Waals surface area contributed by atoms with E-state index in [9.17, 15) is 27.6 Å². The number of hydrogen-bond acceptors (Lipinski definition) is 3. The van der Waals surface area contributed by atoms with Crippen LogP contribution >= 0.6 is 0 Å². The first-order valence-corrected chi connectivity index (χ1v) is 8.05. The minimum Gasteiger partial charge on any atom is -0.335 e. The summed E-state index contributed by atoms with van der Waals surface area (Å²) in [7, 11) is 0. The number of imide groups is 1. The van der Waals surface area contributed by atoms with E-state index in [4.69, 9.17) is 0 Å². The Kier molecular flexibility index (Phi) is 5.86. The molecule has 0 aliphatic heterocycles. The maximum Gasteiger partial charge on any atom is 0.417 e. The molecule has 3 amide bonds. The van der Waals surface area contributed by atoms with Crippen LogP contribution in [0, 0.1) is 5.92 Å². The summed E-state index contributed by atoms with van der Waals surface area (Å²) in [5, 5.41) is 4.75. The van der Waals surface area contributed by atoms with E-state index in [0.717, 1.165) is 31.7 Å². The van der Waals surface area contributed by atoms with Gasteiger partial charge in [0.05, 0.1) is 5.56 Å². The zero-order chi connectivity index (χ0) is 18.6. The molecule has 0 saturated heterocycles. The van der Waals surface area contributed by atoms with Gasteiger partial charge in [-0.3, -0.25) is 14.9 Å². The van der Waals surface area contributed by atoms with E-state index >= 15 is 0 Å². The van der Waals surface area contributed by atoms with Gasteiger partial charge >= 0.3 is 12.2 Å². The number of hydrogen-bond donors (Lipinski definition) is 2. The summed E-state index contributed by atoms with van der Waals surface area (Å²) in [5.41, 5.74) is -1.80. The van der Waals surface area contributed by atoms with Crippen molar-refractivity contribution in [2.24, 2.45) is 5.92 Å². The molecule has 1 aliphatic carbocycles. The third-order valence-corrected chi connectivity index (χ3v) is 4.31. The van der Waals surface area contributed by atoms with E-state index in [1.165, 1.54) is 0 Å². The van der Waals surface area contributed by atoms with Crippen molar-refractivity contribution in [3.8, 4) is 0 Å². The van der Waals surface area contributed by atoms with Gasteiger partial charge in [0.15, 0.2) is 0 Å². The number of carbonyl (C=O) groups is 2. The summed E-state index contributed by atoms with van der Waals surface area (Å²) in [6.45, 7) is 1.34. The predicted octanol–water partition coefficient (Wildman–Crippen LogP) is 2.27. The lowest BCUT2D eigenvalue weighted by molar-refractivity contribution is -0.138. The SMILES string of the molecule is CC1CCCCC1NC(=O)NC(=O)Cn1cc(C(F)(F)F)ccc1=O. The molecule has 2 unspecified atom stereocenters. The monoisotopic (exact) mass is 359 g/mol. The first kappa shape index (κ1) is 19.0. The van der Waals surface area contributed by atoms with E-state index in [0.29, 0.717) is 22.7 Å². The van der Waals surface area contributed by atoms with Crippen molar-refractivity contribution in [1.29, 1.82) is 0 Å². The van der Waals surface area contributed by atoms with Crippen molar-refractivity contribution in [3.63, 3.8) is 0 Å². The number of rotatable bonds is 3. The highest BCUT2D eigenvalue weighted by atomic mass is 19.4. The molecule has 2 rings (SSSR count). The number of carbonyl (C=O) groups excluding carboxylic acids is 2. The summed E-state index contributed by atoms with van der Waals surface area (Å²) in [5.74, 6) is -0.567. The van der Waals surface area contributed by atoms with Gasteiger partial charge in [0, 0.05) is 18.3 Å². The molecule has 1 heterocycles. The molecule has 1 aliphatic rings. The second kappa shape index (κ2) is 7.71. The Bertz CT molecular complexity index is 700. The normalized spacial score (nSPS) is 20.8. The third kappa shape index (κ3) is 5.33. The zero-order valence-electron chi connectivity index (χ0n) is 13.7. The van der Waals surface area contributed by atoms with Crippen molar-refractivity contribution in [3.05, 3.63) is 34.2 Å². The van der Waals surface area contributed by atoms with Crippen LogP contribution in [0.5, 0.6) is 0 Å². The molecule has 0 aromatic carbocycles. The molecule has 6 nitrogen and oxygen atoms in total. The lowest BCUT2D eigenvalue weighted by Crippen LogP contribution is -2.48. The fraction of sp³-hybridized carbons (Fsp3) is 0.562. The molecule has 0 bridgehead atoms. The quantitative estimate of drug-likeness (QED) is 0.869. The summed E-state index contributed by atoms with van der Waals surface area (Å²) >= 11 is 0. The van der Waals surface area contributed by atoms with Crippen LogP contribution in [-0.2, 0) is 17.5 Å². The van der Waals surface area contributed by atoms with Crippen molar-refractivity contribution >= 4 is 11.9 Å². The number of halogens is 3. The van der Waals surface area contributed by atoms with Gasteiger partial charge in [-0.1, -0.05) is 19.8 Å². The smallest absolute Gasteiger partial charge is 0.335 e. The van der Waals surface area contributed by atoms with Crippen molar-refractivity contribution in [2.45, 2.75) is 51.4 Å². The van der Waals surface area contributed by atoms with E-state index < -0.39 is 35.8 Å². The molecule has 1 fully saturated rings. The van der Waals surface area contributed by atoms with Crippen LogP contribution < -0.4 is 16.2 Å². The van der Waals surface area contributed by atoms with E-state index in [-0.39, 0.29) is 6.04 Å². The standard InChI is InChI=1S/C16H20F3N3O3/c1-10-4-2-3-5-12(10)20-15(25)21-13(23)9-22-8-11(16(17,18)19)6-7-14(22)24/h6-8,10,12H,2-5,9H2,1H3,(H2,20,21,23,25).